The van der Waals surface area contributed by atoms with Gasteiger partial charge in [0.2, 0.25) is 0 Å². The molecular weight excluding hydrogens is 498 g/mol. The van der Waals surface area contributed by atoms with Gasteiger partial charge in [-0.25, -0.2) is 0 Å². The number of carbonyl (C=O) groups is 2. The Balaban J connectivity index is 1.89. The molecule has 0 spiro atoms. The quantitative estimate of drug-likeness (QED) is 0.129. The third-order valence-electron chi connectivity index (χ3n) is 6.06. The monoisotopic (exact) mass is 541 g/mol. The molecule has 4 N–H and O–H groups in total. The molecule has 0 saturated carbocycles. The van der Waals surface area contributed by atoms with Crippen molar-refractivity contribution in [2.75, 3.05) is 19.8 Å². The van der Waals surface area contributed by atoms with Crippen molar-refractivity contribution in [2.45, 2.75) is 78.3 Å². The zero-order valence-electron chi connectivity index (χ0n) is 23.6. The lowest BCUT2D eigenvalue weighted by Gasteiger charge is -2.31. The maximum atomic E-state index is 13.3. The van der Waals surface area contributed by atoms with Crippen molar-refractivity contribution in [1.82, 2.24) is 4.90 Å². The predicted octanol–water partition coefficient (Wildman–Crippen LogP) is 5.49. The second-order valence-corrected chi connectivity index (χ2v) is 9.95. The minimum absolute atomic E-state index is 0.0285. The van der Waals surface area contributed by atoms with E-state index in [0.717, 1.165) is 25.0 Å². The van der Waals surface area contributed by atoms with Crippen LogP contribution < -0.4 is 19.9 Å². The first kappa shape index (κ1) is 31.5. The molecule has 1 amide bonds. The zero-order valence-corrected chi connectivity index (χ0v) is 23.6. The number of nitrogen functional groups attached to an aromatic ring is 1. The first-order valence-electron chi connectivity index (χ1n) is 13.6. The summed E-state index contributed by atoms with van der Waals surface area (Å²) in [5, 5.41) is 16.3. The van der Waals surface area contributed by atoms with E-state index in [2.05, 4.69) is 0 Å². The Morgan fingerprint density at radius 1 is 0.821 bits per heavy atom. The minimum atomic E-state index is -0.833. The van der Waals surface area contributed by atoms with E-state index in [1.807, 2.05) is 44.7 Å². The number of ether oxygens (including phenoxy) is 3. The summed E-state index contributed by atoms with van der Waals surface area (Å²) in [6, 6.07) is 12.5. The number of hydrogen-bond donors (Lipinski definition) is 3. The normalized spacial score (nSPS) is 10.9. The fraction of sp³-hybridized carbons (Fsp3) is 0.500. The third-order valence-corrected chi connectivity index (χ3v) is 6.06. The number of benzene rings is 2. The Hall–Kier alpha value is -3.75. The summed E-state index contributed by atoms with van der Waals surface area (Å²) >= 11 is 0. The standard InChI is InChI=1S/C30H43N3O6/c1-21(2)33(22(3)4)30(36)26-16-15-25(20-27(26)39-19-9-6-10-28(34)35)38-18-8-5-7-17-37-24-13-11-23(12-14-24)29(31)32/h11-16,20-22H,5-10,17-19H2,1-4H3,(H3,31,32)(H,34,35). The summed E-state index contributed by atoms with van der Waals surface area (Å²) in [7, 11) is 0. The van der Waals surface area contributed by atoms with Crippen LogP contribution >= 0.6 is 0 Å². The molecule has 0 aliphatic heterocycles. The Morgan fingerprint density at radius 2 is 1.36 bits per heavy atom. The van der Waals surface area contributed by atoms with Gasteiger partial charge in [0.15, 0.2) is 0 Å². The van der Waals surface area contributed by atoms with Crippen LogP contribution in [-0.2, 0) is 4.79 Å². The summed E-state index contributed by atoms with van der Waals surface area (Å²) in [6.45, 7) is 9.35. The van der Waals surface area contributed by atoms with Gasteiger partial charge in [0.05, 0.1) is 25.4 Å². The van der Waals surface area contributed by atoms with Gasteiger partial charge in [-0.15, -0.1) is 0 Å². The van der Waals surface area contributed by atoms with Crippen molar-refractivity contribution in [3.8, 4) is 17.2 Å². The van der Waals surface area contributed by atoms with Gasteiger partial charge in [-0.2, -0.15) is 0 Å². The van der Waals surface area contributed by atoms with Crippen molar-refractivity contribution in [3.05, 3.63) is 53.6 Å². The van der Waals surface area contributed by atoms with E-state index in [0.29, 0.717) is 55.3 Å². The highest BCUT2D eigenvalue weighted by molar-refractivity contribution is 5.97. The molecule has 0 bridgehead atoms. The van der Waals surface area contributed by atoms with Gasteiger partial charge < -0.3 is 30.0 Å². The molecule has 0 aromatic heterocycles. The average Bonchev–Trinajstić information content (AvgIpc) is 2.87. The molecule has 0 aliphatic carbocycles. The number of aliphatic carboxylic acids is 1. The molecule has 0 fully saturated rings. The highest BCUT2D eigenvalue weighted by atomic mass is 16.5. The first-order chi connectivity index (χ1) is 18.6. The second kappa shape index (κ2) is 16.3. The van der Waals surface area contributed by atoms with E-state index in [9.17, 15) is 9.59 Å². The maximum absolute atomic E-state index is 13.3. The van der Waals surface area contributed by atoms with Crippen LogP contribution in [0.1, 0.15) is 82.1 Å². The van der Waals surface area contributed by atoms with Crippen LogP contribution in [0.25, 0.3) is 0 Å². The van der Waals surface area contributed by atoms with Crippen LogP contribution in [0.3, 0.4) is 0 Å². The molecule has 2 aromatic rings. The highest BCUT2D eigenvalue weighted by Gasteiger charge is 2.25. The van der Waals surface area contributed by atoms with Gasteiger partial charge in [-0.1, -0.05) is 0 Å². The Kier molecular flexibility index (Phi) is 13.1. The summed E-state index contributed by atoms with van der Waals surface area (Å²) in [4.78, 5) is 25.9. The average molecular weight is 542 g/mol. The molecule has 0 heterocycles. The molecule has 9 nitrogen and oxygen atoms in total. The molecule has 0 unspecified atom stereocenters. The Morgan fingerprint density at radius 3 is 1.92 bits per heavy atom. The number of hydrogen-bond acceptors (Lipinski definition) is 6. The van der Waals surface area contributed by atoms with Crippen LogP contribution in [0.15, 0.2) is 42.5 Å². The first-order valence-corrected chi connectivity index (χ1v) is 13.6. The summed E-state index contributed by atoms with van der Waals surface area (Å²) in [6.07, 6.45) is 3.80. The largest absolute Gasteiger partial charge is 0.494 e. The number of nitrogens with two attached hydrogens (primary N) is 1. The number of carboxylic acids is 1. The van der Waals surface area contributed by atoms with Crippen LogP contribution in [0, 0.1) is 5.41 Å². The lowest BCUT2D eigenvalue weighted by atomic mass is 10.1. The number of unbranched alkanes of at least 4 members (excludes halogenated alkanes) is 3. The van der Waals surface area contributed by atoms with Crippen LogP contribution in [0.4, 0.5) is 0 Å². The van der Waals surface area contributed by atoms with Crippen LogP contribution in [-0.4, -0.2) is 59.6 Å². The molecule has 0 atom stereocenters. The van der Waals surface area contributed by atoms with Gasteiger partial charge in [0, 0.05) is 30.1 Å². The fourth-order valence-electron chi connectivity index (χ4n) is 4.15. The van der Waals surface area contributed by atoms with E-state index in [-0.39, 0.29) is 30.2 Å². The van der Waals surface area contributed by atoms with Crippen LogP contribution in [0.5, 0.6) is 17.2 Å². The van der Waals surface area contributed by atoms with Crippen molar-refractivity contribution >= 4 is 17.7 Å². The number of carbonyl (C=O) groups excluding carboxylic acids is 1. The fourth-order valence-corrected chi connectivity index (χ4v) is 4.15. The van der Waals surface area contributed by atoms with Crippen molar-refractivity contribution in [3.63, 3.8) is 0 Å². The van der Waals surface area contributed by atoms with E-state index >= 15 is 0 Å². The van der Waals surface area contributed by atoms with E-state index in [1.165, 1.54) is 0 Å². The number of carboxylic acid groups (broad SMARTS) is 1. The second-order valence-electron chi connectivity index (χ2n) is 9.95. The molecule has 39 heavy (non-hydrogen) atoms. The molecule has 9 heteroatoms. The maximum Gasteiger partial charge on any atom is 0.303 e. The summed E-state index contributed by atoms with van der Waals surface area (Å²) < 4.78 is 17.6. The number of rotatable bonds is 18. The van der Waals surface area contributed by atoms with Gasteiger partial charge in [0.25, 0.3) is 5.91 Å². The lowest BCUT2D eigenvalue weighted by Crippen LogP contribution is -2.42. The number of amidine groups is 1. The van der Waals surface area contributed by atoms with E-state index in [4.69, 9.17) is 30.5 Å². The summed E-state index contributed by atoms with van der Waals surface area (Å²) in [5.74, 6) is 0.904. The Bertz CT molecular complexity index is 1060. The van der Waals surface area contributed by atoms with Crippen molar-refractivity contribution in [1.29, 1.82) is 5.41 Å². The summed E-state index contributed by atoms with van der Waals surface area (Å²) in [5.41, 5.74) is 6.60. The van der Waals surface area contributed by atoms with Gasteiger partial charge in [-0.3, -0.25) is 15.0 Å². The number of nitrogens with one attached hydrogen (secondary N) is 1. The smallest absolute Gasteiger partial charge is 0.303 e. The lowest BCUT2D eigenvalue weighted by molar-refractivity contribution is -0.137. The molecule has 0 radical (unpaired) electrons. The van der Waals surface area contributed by atoms with E-state index in [1.54, 1.807) is 30.3 Å². The minimum Gasteiger partial charge on any atom is -0.494 e. The molecular formula is C30H43N3O6. The van der Waals surface area contributed by atoms with Gasteiger partial charge >= 0.3 is 5.97 Å². The van der Waals surface area contributed by atoms with Crippen LogP contribution in [0.2, 0.25) is 0 Å². The van der Waals surface area contributed by atoms with Gasteiger partial charge in [0.1, 0.15) is 23.1 Å². The third kappa shape index (κ3) is 10.9. The van der Waals surface area contributed by atoms with Crippen molar-refractivity contribution < 1.29 is 28.9 Å². The molecule has 214 valence electrons. The number of nitrogens with zero attached hydrogens (tertiary/aromatic N) is 1. The molecule has 0 aliphatic rings. The van der Waals surface area contributed by atoms with E-state index < -0.39 is 5.97 Å². The predicted molar refractivity (Wildman–Crippen MR) is 152 cm³/mol. The SMILES string of the molecule is CC(C)N(C(=O)c1ccc(OCCCCCOc2ccc(C(=N)N)cc2)cc1OCCCCC(=O)O)C(C)C. The molecule has 0 saturated heterocycles. The highest BCUT2D eigenvalue weighted by Crippen LogP contribution is 2.28. The van der Waals surface area contributed by atoms with Gasteiger partial charge in [-0.05, 0) is 96.2 Å². The molecule has 2 aromatic carbocycles. The Labute approximate surface area is 231 Å². The number of amides is 1. The molecule has 2 rings (SSSR count). The zero-order chi connectivity index (χ0) is 28.8. The van der Waals surface area contributed by atoms with Crippen molar-refractivity contribution in [2.24, 2.45) is 5.73 Å². The topological polar surface area (TPSA) is 135 Å².